The molecule has 210 valence electrons. The van der Waals surface area contributed by atoms with Crippen LogP contribution in [0.2, 0.25) is 0 Å². The fourth-order valence-corrected chi connectivity index (χ4v) is 4.34. The standard InChI is InChI=1S/C12H17F10NO10P2/c13-8(10(15,16)17,33-12(21,22)9(14,26)11(18,19)20)6(24)23-5-3-1-2-4-7(25,34(27,28)29)35(30,31)32/h25-26H,1-5H2,(H,23,24)(H2,27,28,29)(H2,30,31,32). The summed E-state index contributed by atoms with van der Waals surface area (Å²) in [6.45, 7) is -1.14. The Labute approximate surface area is 187 Å². The second-order valence-electron chi connectivity index (χ2n) is 6.76. The predicted molar refractivity (Wildman–Crippen MR) is 88.6 cm³/mol. The van der Waals surface area contributed by atoms with Crippen molar-refractivity contribution in [2.45, 2.75) is 60.9 Å². The van der Waals surface area contributed by atoms with Crippen LogP contribution in [0.25, 0.3) is 0 Å². The first kappa shape index (κ1) is 34.0. The van der Waals surface area contributed by atoms with Crippen LogP contribution in [0.4, 0.5) is 43.9 Å². The summed E-state index contributed by atoms with van der Waals surface area (Å²) >= 11 is 0. The van der Waals surface area contributed by atoms with Crippen LogP contribution in [0.5, 0.6) is 0 Å². The summed E-state index contributed by atoms with van der Waals surface area (Å²) in [4.78, 5) is 47.0. The summed E-state index contributed by atoms with van der Waals surface area (Å²) in [7, 11) is -11.7. The van der Waals surface area contributed by atoms with Crippen LogP contribution >= 0.6 is 15.2 Å². The number of aliphatic hydroxyl groups is 2. The van der Waals surface area contributed by atoms with Crippen molar-refractivity contribution in [1.29, 1.82) is 0 Å². The number of hydrogen-bond donors (Lipinski definition) is 7. The number of carbonyl (C=O) groups excluding carboxylic acids is 1. The smallest absolute Gasteiger partial charge is 0.368 e. The van der Waals surface area contributed by atoms with Gasteiger partial charge < -0.3 is 35.1 Å². The molecular formula is C12H17F10NO10P2. The average molecular weight is 587 g/mol. The molecule has 0 aliphatic heterocycles. The highest BCUT2D eigenvalue weighted by atomic mass is 31.2. The van der Waals surface area contributed by atoms with Gasteiger partial charge in [-0.2, -0.15) is 43.9 Å². The van der Waals surface area contributed by atoms with Crippen LogP contribution < -0.4 is 5.32 Å². The van der Waals surface area contributed by atoms with Crippen molar-refractivity contribution in [2.24, 2.45) is 0 Å². The highest BCUT2D eigenvalue weighted by Crippen LogP contribution is 2.69. The van der Waals surface area contributed by atoms with Crippen LogP contribution in [0, 0.1) is 0 Å². The Morgan fingerprint density at radius 2 is 1.17 bits per heavy atom. The first-order valence-electron chi connectivity index (χ1n) is 8.52. The van der Waals surface area contributed by atoms with E-state index in [9.17, 15) is 62.9 Å². The van der Waals surface area contributed by atoms with E-state index in [1.165, 1.54) is 0 Å². The van der Waals surface area contributed by atoms with Crippen LogP contribution in [0.3, 0.4) is 0 Å². The van der Waals surface area contributed by atoms with Gasteiger partial charge in [0.05, 0.1) is 0 Å². The minimum absolute atomic E-state index is 0.525. The molecule has 0 aliphatic rings. The lowest BCUT2D eigenvalue weighted by Gasteiger charge is -2.35. The van der Waals surface area contributed by atoms with E-state index in [-0.39, 0.29) is 0 Å². The molecule has 0 rings (SSSR count). The van der Waals surface area contributed by atoms with E-state index >= 15 is 0 Å². The first-order chi connectivity index (χ1) is 15.1. The summed E-state index contributed by atoms with van der Waals surface area (Å²) in [5.74, 6) is -16.4. The number of nitrogens with one attached hydrogen (secondary N) is 1. The monoisotopic (exact) mass is 587 g/mol. The Bertz CT molecular complexity index is 832. The molecule has 2 atom stereocenters. The van der Waals surface area contributed by atoms with Gasteiger partial charge in [-0.05, 0) is 19.3 Å². The van der Waals surface area contributed by atoms with Gasteiger partial charge in [0.25, 0.3) is 11.0 Å². The summed E-state index contributed by atoms with van der Waals surface area (Å²) in [6.07, 6.45) is -24.0. The molecule has 0 spiro atoms. The van der Waals surface area contributed by atoms with Gasteiger partial charge in [-0.3, -0.25) is 18.7 Å². The Kier molecular flexibility index (Phi) is 10.1. The van der Waals surface area contributed by atoms with Crippen LogP contribution in [-0.2, 0) is 18.7 Å². The number of unbranched alkanes of at least 4 members (excludes halogenated alkanes) is 2. The molecule has 1 amide bonds. The van der Waals surface area contributed by atoms with Gasteiger partial charge in [-0.25, -0.2) is 0 Å². The molecule has 0 aromatic carbocycles. The average Bonchev–Trinajstić information content (AvgIpc) is 2.59. The minimum atomic E-state index is -7.00. The van der Waals surface area contributed by atoms with Gasteiger partial charge in [-0.15, -0.1) is 0 Å². The summed E-state index contributed by atoms with van der Waals surface area (Å²) < 4.78 is 153. The first-order valence-corrected chi connectivity index (χ1v) is 11.7. The van der Waals surface area contributed by atoms with Crippen molar-refractivity contribution in [1.82, 2.24) is 5.32 Å². The lowest BCUT2D eigenvalue weighted by molar-refractivity contribution is -0.488. The third kappa shape index (κ3) is 7.26. The zero-order valence-electron chi connectivity index (χ0n) is 16.5. The van der Waals surface area contributed by atoms with Crippen molar-refractivity contribution in [2.75, 3.05) is 6.54 Å². The molecule has 23 heteroatoms. The Morgan fingerprint density at radius 3 is 1.51 bits per heavy atom. The Morgan fingerprint density at radius 1 is 0.743 bits per heavy atom. The highest BCUT2D eigenvalue weighted by Gasteiger charge is 2.78. The fourth-order valence-electron chi connectivity index (χ4n) is 2.08. The van der Waals surface area contributed by atoms with Crippen LogP contribution in [0.1, 0.15) is 25.7 Å². The molecule has 35 heavy (non-hydrogen) atoms. The molecule has 11 nitrogen and oxygen atoms in total. The quantitative estimate of drug-likeness (QED) is 0.100. The van der Waals surface area contributed by atoms with Gasteiger partial charge >= 0.3 is 45.4 Å². The lowest BCUT2D eigenvalue weighted by atomic mass is 10.2. The topological polar surface area (TPSA) is 194 Å². The normalized spacial score (nSPS) is 18.1. The summed E-state index contributed by atoms with van der Waals surface area (Å²) in [5, 5.41) is 14.8. The van der Waals surface area contributed by atoms with Crippen molar-refractivity contribution in [3.8, 4) is 0 Å². The number of ether oxygens (including phenoxy) is 1. The summed E-state index contributed by atoms with van der Waals surface area (Å²) in [5.41, 5.74) is 0. The van der Waals surface area contributed by atoms with Crippen LogP contribution in [-0.4, -0.2) is 77.5 Å². The van der Waals surface area contributed by atoms with E-state index in [0.717, 1.165) is 5.32 Å². The number of rotatable bonds is 12. The van der Waals surface area contributed by atoms with E-state index in [0.29, 0.717) is 0 Å². The zero-order chi connectivity index (χ0) is 28.5. The molecule has 0 aliphatic carbocycles. The molecule has 0 aromatic rings. The van der Waals surface area contributed by atoms with Gasteiger partial charge in [0.1, 0.15) is 0 Å². The largest absolute Gasteiger partial charge is 0.458 e. The van der Waals surface area contributed by atoms with Crippen molar-refractivity contribution < 1.29 is 92.4 Å². The molecule has 7 N–H and O–H groups in total. The maximum Gasteiger partial charge on any atom is 0.458 e. The van der Waals surface area contributed by atoms with E-state index in [4.69, 9.17) is 24.7 Å². The van der Waals surface area contributed by atoms with E-state index in [1.807, 2.05) is 0 Å². The third-order valence-electron chi connectivity index (χ3n) is 4.09. The number of carbonyl (C=O) groups is 1. The number of amides is 1. The van der Waals surface area contributed by atoms with E-state index in [2.05, 4.69) is 4.74 Å². The highest BCUT2D eigenvalue weighted by molar-refractivity contribution is 7.72. The SMILES string of the molecule is O=C(NCCCCCC(O)(P(=O)(O)O)P(=O)(O)O)C(F)(OC(F)(F)C(O)(F)C(F)(F)F)C(F)(F)F. The Balaban J connectivity index is 5.32. The minimum Gasteiger partial charge on any atom is -0.368 e. The van der Waals surface area contributed by atoms with Crippen molar-refractivity contribution >= 4 is 21.1 Å². The molecule has 0 heterocycles. The number of hydrogen-bond acceptors (Lipinski definition) is 6. The van der Waals surface area contributed by atoms with Crippen molar-refractivity contribution in [3.63, 3.8) is 0 Å². The van der Waals surface area contributed by atoms with Gasteiger partial charge in [0.15, 0.2) is 0 Å². The third-order valence-corrected chi connectivity index (χ3v) is 7.97. The Hall–Kier alpha value is -1.05. The molecule has 0 bridgehead atoms. The molecule has 0 saturated carbocycles. The predicted octanol–water partition coefficient (Wildman–Crippen LogP) is 1.72. The maximum atomic E-state index is 14.0. The second-order valence-corrected chi connectivity index (χ2v) is 10.8. The molecule has 2 unspecified atom stereocenters. The van der Waals surface area contributed by atoms with E-state index in [1.54, 1.807) is 0 Å². The van der Waals surface area contributed by atoms with Gasteiger partial charge in [0.2, 0.25) is 0 Å². The molecule has 0 aromatic heterocycles. The molecular weight excluding hydrogens is 570 g/mol. The van der Waals surface area contributed by atoms with Gasteiger partial charge in [0, 0.05) is 6.54 Å². The van der Waals surface area contributed by atoms with Crippen LogP contribution in [0.15, 0.2) is 0 Å². The molecule has 0 radical (unpaired) electrons. The number of halogens is 10. The second kappa shape index (κ2) is 10.4. The maximum absolute atomic E-state index is 14.0. The summed E-state index contributed by atoms with van der Waals surface area (Å²) in [6, 6.07) is 0. The number of alkyl halides is 10. The fraction of sp³-hybridized carbons (Fsp3) is 0.917. The molecule has 0 saturated heterocycles. The van der Waals surface area contributed by atoms with E-state index < -0.39 is 88.6 Å². The zero-order valence-corrected chi connectivity index (χ0v) is 18.3. The lowest BCUT2D eigenvalue weighted by Crippen LogP contribution is -2.65. The van der Waals surface area contributed by atoms with Crippen molar-refractivity contribution in [3.05, 3.63) is 0 Å². The van der Waals surface area contributed by atoms with Gasteiger partial charge in [-0.1, -0.05) is 6.42 Å². The molecule has 0 fully saturated rings.